The SMILES string of the molecule is CCCn1c(C)cc(-c2csc(NC(=O)c3ccc(F)cc3)n2)c1C. The standard InChI is InChI=1S/C19H20FN3OS/c1-4-9-23-12(2)10-16(13(23)3)17-11-25-19(21-17)22-18(24)14-5-7-15(20)8-6-14/h5-8,10-11H,4,9H2,1-3H3,(H,21,22,24). The zero-order valence-electron chi connectivity index (χ0n) is 14.5. The molecular formula is C19H20FN3OS. The molecule has 0 aliphatic heterocycles. The predicted molar refractivity (Wildman–Crippen MR) is 99.7 cm³/mol. The average Bonchev–Trinajstić information content (AvgIpc) is 3.15. The molecule has 1 N–H and O–H groups in total. The summed E-state index contributed by atoms with van der Waals surface area (Å²) in [6.07, 6.45) is 1.08. The van der Waals surface area contributed by atoms with E-state index in [0.717, 1.165) is 24.2 Å². The Kier molecular flexibility index (Phi) is 4.99. The molecule has 25 heavy (non-hydrogen) atoms. The van der Waals surface area contributed by atoms with Crippen LogP contribution in [-0.4, -0.2) is 15.5 Å². The van der Waals surface area contributed by atoms with Crippen molar-refractivity contribution in [2.45, 2.75) is 33.7 Å². The molecule has 3 rings (SSSR count). The summed E-state index contributed by atoms with van der Waals surface area (Å²) in [5.41, 5.74) is 4.74. The van der Waals surface area contributed by atoms with Gasteiger partial charge in [0.05, 0.1) is 5.69 Å². The van der Waals surface area contributed by atoms with Crippen LogP contribution < -0.4 is 5.32 Å². The summed E-state index contributed by atoms with van der Waals surface area (Å²) < 4.78 is 15.2. The maximum atomic E-state index is 13.0. The lowest BCUT2D eigenvalue weighted by molar-refractivity contribution is 0.102. The molecule has 1 amide bonds. The molecule has 0 unspecified atom stereocenters. The molecule has 0 bridgehead atoms. The van der Waals surface area contributed by atoms with Crippen LogP contribution in [-0.2, 0) is 6.54 Å². The van der Waals surface area contributed by atoms with Crippen molar-refractivity contribution in [2.75, 3.05) is 5.32 Å². The van der Waals surface area contributed by atoms with Crippen molar-refractivity contribution in [3.05, 3.63) is 58.5 Å². The topological polar surface area (TPSA) is 46.9 Å². The first-order valence-corrected chi connectivity index (χ1v) is 9.07. The number of nitrogens with one attached hydrogen (secondary N) is 1. The van der Waals surface area contributed by atoms with Gasteiger partial charge in [0.25, 0.3) is 5.91 Å². The number of aryl methyl sites for hydroxylation is 1. The molecular weight excluding hydrogens is 337 g/mol. The normalized spacial score (nSPS) is 10.9. The highest BCUT2D eigenvalue weighted by molar-refractivity contribution is 7.14. The van der Waals surface area contributed by atoms with E-state index < -0.39 is 0 Å². The Morgan fingerprint density at radius 1 is 1.28 bits per heavy atom. The first kappa shape index (κ1) is 17.4. The number of benzene rings is 1. The van der Waals surface area contributed by atoms with Crippen molar-refractivity contribution < 1.29 is 9.18 Å². The van der Waals surface area contributed by atoms with E-state index in [4.69, 9.17) is 0 Å². The van der Waals surface area contributed by atoms with Crippen LogP contribution in [0, 0.1) is 19.7 Å². The summed E-state index contributed by atoms with van der Waals surface area (Å²) >= 11 is 1.38. The van der Waals surface area contributed by atoms with E-state index in [1.807, 2.05) is 5.38 Å². The molecule has 4 nitrogen and oxygen atoms in total. The Hall–Kier alpha value is -2.47. The van der Waals surface area contributed by atoms with Gasteiger partial charge in [0.1, 0.15) is 5.82 Å². The third kappa shape index (κ3) is 3.64. The number of thiazole rings is 1. The molecule has 0 saturated carbocycles. The molecule has 0 atom stereocenters. The molecule has 1 aromatic carbocycles. The zero-order valence-corrected chi connectivity index (χ0v) is 15.3. The monoisotopic (exact) mass is 357 g/mol. The smallest absolute Gasteiger partial charge is 0.257 e. The van der Waals surface area contributed by atoms with Crippen LogP contribution in [0.3, 0.4) is 0 Å². The predicted octanol–water partition coefficient (Wildman–Crippen LogP) is 5.03. The van der Waals surface area contributed by atoms with Gasteiger partial charge in [-0.2, -0.15) is 0 Å². The highest BCUT2D eigenvalue weighted by atomic mass is 32.1. The van der Waals surface area contributed by atoms with Crippen LogP contribution in [0.25, 0.3) is 11.3 Å². The summed E-state index contributed by atoms with van der Waals surface area (Å²) in [4.78, 5) is 16.7. The van der Waals surface area contributed by atoms with Gasteiger partial charge in [0.2, 0.25) is 0 Å². The van der Waals surface area contributed by atoms with E-state index in [9.17, 15) is 9.18 Å². The number of aromatic nitrogens is 2. The fourth-order valence-corrected chi connectivity index (χ4v) is 3.56. The Morgan fingerprint density at radius 2 is 2.00 bits per heavy atom. The van der Waals surface area contributed by atoms with Gasteiger partial charge in [-0.3, -0.25) is 10.1 Å². The summed E-state index contributed by atoms with van der Waals surface area (Å²) in [6, 6.07) is 7.58. The van der Waals surface area contributed by atoms with Crippen molar-refractivity contribution >= 4 is 22.4 Å². The lowest BCUT2D eigenvalue weighted by atomic mass is 10.2. The summed E-state index contributed by atoms with van der Waals surface area (Å²) in [5.74, 6) is -0.659. The van der Waals surface area contributed by atoms with Gasteiger partial charge in [0.15, 0.2) is 5.13 Å². The van der Waals surface area contributed by atoms with E-state index in [0.29, 0.717) is 10.7 Å². The Labute approximate surface area is 150 Å². The van der Waals surface area contributed by atoms with E-state index >= 15 is 0 Å². The Bertz CT molecular complexity index is 896. The van der Waals surface area contributed by atoms with E-state index in [1.165, 1.54) is 47.0 Å². The average molecular weight is 357 g/mol. The second-order valence-corrected chi connectivity index (χ2v) is 6.79. The number of rotatable bonds is 5. The van der Waals surface area contributed by atoms with Crippen LogP contribution in [0.2, 0.25) is 0 Å². The van der Waals surface area contributed by atoms with E-state index in [2.05, 4.69) is 41.7 Å². The Balaban J connectivity index is 1.80. The quantitative estimate of drug-likeness (QED) is 0.696. The molecule has 0 saturated heterocycles. The molecule has 6 heteroatoms. The number of hydrogen-bond donors (Lipinski definition) is 1. The van der Waals surface area contributed by atoms with Gasteiger partial charge in [-0.25, -0.2) is 9.37 Å². The molecule has 130 valence electrons. The second kappa shape index (κ2) is 7.19. The molecule has 0 radical (unpaired) electrons. The molecule has 0 aliphatic rings. The number of nitrogens with zero attached hydrogens (tertiary/aromatic N) is 2. The van der Waals surface area contributed by atoms with Crippen molar-refractivity contribution in [1.82, 2.24) is 9.55 Å². The van der Waals surface area contributed by atoms with E-state index in [1.54, 1.807) is 0 Å². The van der Waals surface area contributed by atoms with Gasteiger partial charge in [-0.15, -0.1) is 11.3 Å². The number of carbonyl (C=O) groups excluding carboxylic acids is 1. The number of amides is 1. The van der Waals surface area contributed by atoms with Gasteiger partial charge in [-0.1, -0.05) is 6.92 Å². The van der Waals surface area contributed by atoms with Crippen LogP contribution >= 0.6 is 11.3 Å². The third-order valence-corrected chi connectivity index (χ3v) is 4.89. The van der Waals surface area contributed by atoms with Crippen LogP contribution in [0.4, 0.5) is 9.52 Å². The van der Waals surface area contributed by atoms with Crippen molar-refractivity contribution in [3.63, 3.8) is 0 Å². The fraction of sp³-hybridized carbons (Fsp3) is 0.263. The Morgan fingerprint density at radius 3 is 2.68 bits per heavy atom. The van der Waals surface area contributed by atoms with Gasteiger partial charge in [-0.05, 0) is 50.6 Å². The van der Waals surface area contributed by atoms with E-state index in [-0.39, 0.29) is 11.7 Å². The highest BCUT2D eigenvalue weighted by Crippen LogP contribution is 2.30. The lowest BCUT2D eigenvalue weighted by Gasteiger charge is -2.07. The molecule has 3 aromatic rings. The van der Waals surface area contributed by atoms with Gasteiger partial charge >= 0.3 is 0 Å². The summed E-state index contributed by atoms with van der Waals surface area (Å²) in [7, 11) is 0. The largest absolute Gasteiger partial charge is 0.348 e. The van der Waals surface area contributed by atoms with Crippen LogP contribution in [0.15, 0.2) is 35.7 Å². The fourth-order valence-electron chi connectivity index (χ4n) is 2.85. The van der Waals surface area contributed by atoms with Gasteiger partial charge < -0.3 is 4.57 Å². The molecule has 0 aliphatic carbocycles. The maximum Gasteiger partial charge on any atom is 0.257 e. The van der Waals surface area contributed by atoms with Crippen molar-refractivity contribution in [1.29, 1.82) is 0 Å². The number of halogens is 1. The number of hydrogen-bond acceptors (Lipinski definition) is 3. The van der Waals surface area contributed by atoms with Crippen molar-refractivity contribution in [2.24, 2.45) is 0 Å². The molecule has 2 aromatic heterocycles. The summed E-state index contributed by atoms with van der Waals surface area (Å²) in [5, 5.41) is 5.25. The minimum atomic E-state index is -0.365. The molecule has 0 fully saturated rings. The van der Waals surface area contributed by atoms with Crippen molar-refractivity contribution in [3.8, 4) is 11.3 Å². The first-order valence-electron chi connectivity index (χ1n) is 8.19. The first-order chi connectivity index (χ1) is 12.0. The molecule has 2 heterocycles. The molecule has 0 spiro atoms. The number of anilines is 1. The maximum absolute atomic E-state index is 13.0. The van der Waals surface area contributed by atoms with Gasteiger partial charge in [0, 0.05) is 34.4 Å². The minimum absolute atomic E-state index is 0.294. The summed E-state index contributed by atoms with van der Waals surface area (Å²) in [6.45, 7) is 7.32. The lowest BCUT2D eigenvalue weighted by Crippen LogP contribution is -2.11. The number of carbonyl (C=O) groups is 1. The highest BCUT2D eigenvalue weighted by Gasteiger charge is 2.14. The minimum Gasteiger partial charge on any atom is -0.348 e. The van der Waals surface area contributed by atoms with Crippen LogP contribution in [0.1, 0.15) is 35.1 Å². The third-order valence-electron chi connectivity index (χ3n) is 4.13. The zero-order chi connectivity index (χ0) is 18.0. The van der Waals surface area contributed by atoms with Crippen LogP contribution in [0.5, 0.6) is 0 Å². The second-order valence-electron chi connectivity index (χ2n) is 5.94.